The molecular formula is C9H12Cl3N2O3P. The van der Waals surface area contributed by atoms with Crippen molar-refractivity contribution in [3.8, 4) is 5.88 Å². The Morgan fingerprint density at radius 1 is 1.39 bits per heavy atom. The predicted molar refractivity (Wildman–Crippen MR) is 72.8 cm³/mol. The molecule has 1 aromatic rings. The quantitative estimate of drug-likeness (QED) is 0.625. The van der Waals surface area contributed by atoms with E-state index in [-0.39, 0.29) is 21.1 Å². The van der Waals surface area contributed by atoms with Crippen LogP contribution in [0.4, 0.5) is 0 Å². The minimum atomic E-state index is -3.50. The van der Waals surface area contributed by atoms with Gasteiger partial charge in [0.1, 0.15) is 5.02 Å². The zero-order valence-electron chi connectivity index (χ0n) is 9.74. The van der Waals surface area contributed by atoms with Crippen LogP contribution in [-0.2, 0) is 9.09 Å². The van der Waals surface area contributed by atoms with Gasteiger partial charge in [-0.2, -0.15) is 4.98 Å². The number of nitrogens with one attached hydrogen (secondary N) is 1. The van der Waals surface area contributed by atoms with Gasteiger partial charge in [0, 0.05) is 13.7 Å². The lowest BCUT2D eigenvalue weighted by atomic mass is 10.5. The van der Waals surface area contributed by atoms with Gasteiger partial charge in [-0.1, -0.05) is 41.7 Å². The molecule has 0 radical (unpaired) electrons. The SMILES string of the molecule is CCCNP(=O)(OC)Oc1nc(Cl)c(Cl)cc1Cl. The number of hydrogen-bond donors (Lipinski definition) is 1. The minimum absolute atomic E-state index is 0.00853. The Morgan fingerprint density at radius 3 is 2.61 bits per heavy atom. The van der Waals surface area contributed by atoms with E-state index in [4.69, 9.17) is 43.9 Å². The monoisotopic (exact) mass is 332 g/mol. The third-order valence-corrected chi connectivity index (χ3v) is 4.31. The fraction of sp³-hybridized carbons (Fsp3) is 0.444. The number of hydrogen-bond acceptors (Lipinski definition) is 4. The molecule has 0 bridgehead atoms. The summed E-state index contributed by atoms with van der Waals surface area (Å²) >= 11 is 17.3. The van der Waals surface area contributed by atoms with Crippen LogP contribution in [0.25, 0.3) is 0 Å². The van der Waals surface area contributed by atoms with Crippen molar-refractivity contribution in [3.63, 3.8) is 0 Å². The van der Waals surface area contributed by atoms with E-state index in [1.54, 1.807) is 0 Å². The van der Waals surface area contributed by atoms with Gasteiger partial charge in [0.25, 0.3) is 0 Å². The number of halogens is 3. The van der Waals surface area contributed by atoms with E-state index in [9.17, 15) is 4.57 Å². The first kappa shape index (κ1) is 16.0. The highest BCUT2D eigenvalue weighted by Crippen LogP contribution is 2.45. The fourth-order valence-corrected chi connectivity index (χ4v) is 2.70. The highest BCUT2D eigenvalue weighted by molar-refractivity contribution is 7.52. The molecule has 1 atom stereocenters. The van der Waals surface area contributed by atoms with Gasteiger partial charge >= 0.3 is 7.75 Å². The van der Waals surface area contributed by atoms with Gasteiger partial charge in [-0.15, -0.1) is 0 Å². The molecule has 0 saturated carbocycles. The lowest BCUT2D eigenvalue weighted by molar-refractivity contribution is 0.306. The predicted octanol–water partition coefficient (Wildman–Crippen LogP) is 4.17. The third kappa shape index (κ3) is 4.26. The Bertz CT molecular complexity index is 473. The Morgan fingerprint density at radius 2 is 2.06 bits per heavy atom. The molecule has 0 aliphatic heterocycles. The first-order valence-electron chi connectivity index (χ1n) is 5.04. The van der Waals surface area contributed by atoms with Crippen molar-refractivity contribution >= 4 is 42.5 Å². The molecule has 18 heavy (non-hydrogen) atoms. The van der Waals surface area contributed by atoms with Gasteiger partial charge in [0.15, 0.2) is 5.15 Å². The van der Waals surface area contributed by atoms with Gasteiger partial charge in [0.05, 0.1) is 5.02 Å². The molecule has 0 aromatic carbocycles. The molecule has 0 aliphatic carbocycles. The molecule has 5 nitrogen and oxygen atoms in total. The van der Waals surface area contributed by atoms with Crippen LogP contribution in [0, 0.1) is 0 Å². The molecular weight excluding hydrogens is 321 g/mol. The highest BCUT2D eigenvalue weighted by atomic mass is 35.5. The average Bonchev–Trinajstić information content (AvgIpc) is 2.33. The minimum Gasteiger partial charge on any atom is -0.393 e. The summed E-state index contributed by atoms with van der Waals surface area (Å²) in [5, 5.41) is 2.93. The second-order valence-corrected chi connectivity index (χ2v) is 6.26. The van der Waals surface area contributed by atoms with Crippen molar-refractivity contribution in [1.29, 1.82) is 0 Å². The number of pyridine rings is 1. The standard InChI is InChI=1S/C9H12Cl3N2O3P/c1-3-4-13-18(15,16-2)17-9-7(11)5-6(10)8(12)14-9/h5H,3-4H2,1-2H3,(H,13,15). The zero-order chi connectivity index (χ0) is 13.8. The summed E-state index contributed by atoms with van der Waals surface area (Å²) in [5.74, 6) is -0.0974. The van der Waals surface area contributed by atoms with Gasteiger partial charge in [0.2, 0.25) is 5.88 Å². The molecule has 0 aliphatic rings. The van der Waals surface area contributed by atoms with Crippen molar-refractivity contribution in [2.45, 2.75) is 13.3 Å². The van der Waals surface area contributed by atoms with E-state index < -0.39 is 7.75 Å². The summed E-state index contributed by atoms with van der Waals surface area (Å²) in [7, 11) is -2.24. The van der Waals surface area contributed by atoms with Crippen LogP contribution < -0.4 is 9.61 Å². The van der Waals surface area contributed by atoms with Crippen molar-refractivity contribution in [1.82, 2.24) is 10.1 Å². The summed E-state index contributed by atoms with van der Waals surface area (Å²) in [6, 6.07) is 1.35. The van der Waals surface area contributed by atoms with Gasteiger partial charge in [-0.3, -0.25) is 4.52 Å². The van der Waals surface area contributed by atoms with E-state index in [1.807, 2.05) is 6.92 Å². The summed E-state index contributed by atoms with van der Waals surface area (Å²) in [4.78, 5) is 3.80. The maximum Gasteiger partial charge on any atom is 0.459 e. The fourth-order valence-electron chi connectivity index (χ4n) is 0.989. The smallest absolute Gasteiger partial charge is 0.393 e. The summed E-state index contributed by atoms with van der Waals surface area (Å²) in [6.45, 7) is 2.38. The molecule has 102 valence electrons. The Balaban J connectivity index is 2.95. The maximum absolute atomic E-state index is 12.1. The lowest BCUT2D eigenvalue weighted by Crippen LogP contribution is -2.17. The molecule has 0 saturated heterocycles. The summed E-state index contributed by atoms with van der Waals surface area (Å²) < 4.78 is 22.1. The molecule has 9 heteroatoms. The van der Waals surface area contributed by atoms with E-state index in [2.05, 4.69) is 10.1 Å². The number of nitrogens with zero attached hydrogens (tertiary/aromatic N) is 1. The summed E-state index contributed by atoms with van der Waals surface area (Å²) in [5.41, 5.74) is 0. The van der Waals surface area contributed by atoms with Crippen molar-refractivity contribution in [3.05, 3.63) is 21.3 Å². The topological polar surface area (TPSA) is 60.5 Å². The molecule has 1 aromatic heterocycles. The maximum atomic E-state index is 12.1. The van der Waals surface area contributed by atoms with Crippen molar-refractivity contribution < 1.29 is 13.6 Å². The first-order chi connectivity index (χ1) is 8.41. The van der Waals surface area contributed by atoms with E-state index in [0.717, 1.165) is 6.42 Å². The Labute approximate surface area is 120 Å². The third-order valence-electron chi connectivity index (χ3n) is 1.86. The van der Waals surface area contributed by atoms with Crippen LogP contribution in [0.2, 0.25) is 15.2 Å². The number of aromatic nitrogens is 1. The normalized spacial score (nSPS) is 14.3. The van der Waals surface area contributed by atoms with E-state index in [0.29, 0.717) is 6.54 Å². The van der Waals surface area contributed by atoms with Crippen LogP contribution in [0.15, 0.2) is 6.07 Å². The van der Waals surface area contributed by atoms with E-state index in [1.165, 1.54) is 13.2 Å². The highest BCUT2D eigenvalue weighted by Gasteiger charge is 2.26. The zero-order valence-corrected chi connectivity index (χ0v) is 12.9. The Kier molecular flexibility index (Phi) is 6.18. The first-order valence-corrected chi connectivity index (χ1v) is 7.71. The van der Waals surface area contributed by atoms with E-state index >= 15 is 0 Å². The lowest BCUT2D eigenvalue weighted by Gasteiger charge is -2.17. The molecule has 1 heterocycles. The van der Waals surface area contributed by atoms with Gasteiger partial charge < -0.3 is 4.52 Å². The van der Waals surface area contributed by atoms with Crippen molar-refractivity contribution in [2.75, 3.05) is 13.7 Å². The molecule has 0 fully saturated rings. The van der Waals surface area contributed by atoms with Crippen LogP contribution in [0.1, 0.15) is 13.3 Å². The second-order valence-electron chi connectivity index (χ2n) is 3.23. The largest absolute Gasteiger partial charge is 0.459 e. The Hall–Kier alpha value is -0.0300. The van der Waals surface area contributed by atoms with Crippen LogP contribution in [-0.4, -0.2) is 18.6 Å². The molecule has 1 unspecified atom stereocenters. The van der Waals surface area contributed by atoms with Crippen LogP contribution in [0.5, 0.6) is 5.88 Å². The summed E-state index contributed by atoms with van der Waals surface area (Å²) in [6.07, 6.45) is 0.763. The molecule has 1 rings (SSSR count). The average molecular weight is 334 g/mol. The molecule has 0 amide bonds. The second kappa shape index (κ2) is 6.94. The molecule has 1 N–H and O–H groups in total. The van der Waals surface area contributed by atoms with Gasteiger partial charge in [-0.25, -0.2) is 9.65 Å². The van der Waals surface area contributed by atoms with Gasteiger partial charge in [-0.05, 0) is 12.5 Å². The van der Waals surface area contributed by atoms with Crippen LogP contribution >= 0.6 is 42.5 Å². The number of rotatable bonds is 6. The van der Waals surface area contributed by atoms with Crippen molar-refractivity contribution in [2.24, 2.45) is 0 Å². The van der Waals surface area contributed by atoms with Crippen LogP contribution in [0.3, 0.4) is 0 Å². The molecule has 0 spiro atoms.